The summed E-state index contributed by atoms with van der Waals surface area (Å²) in [5, 5.41) is 49.9. The van der Waals surface area contributed by atoms with E-state index in [1.807, 2.05) is 0 Å². The molecule has 6 unspecified atom stereocenters. The summed E-state index contributed by atoms with van der Waals surface area (Å²) in [6.07, 6.45) is 15.8. The molecular weight excluding hydrogens is 707 g/mol. The van der Waals surface area contributed by atoms with E-state index in [0.717, 1.165) is 44.9 Å². The molecule has 53 heavy (non-hydrogen) atoms. The molecule has 0 spiro atoms. The standard InChI is InChI=1S/C39H73O13P/c1-3-5-7-9-11-13-14-15-16-17-18-20-22-24-26-28-33(41)51-31(29-49-32(40)27-25-23-21-19-12-10-8-6-4-2)30-50-53(47,48)52-39-37(45)35(43)34(42)36(44)38(39)46/h17-18,31,34-39,42-46H,3-16,19-30H2,1-2H3,(H,47,48)/b18-17+/t31-,34?,35+,36?,37?,38?,39?/m1/s1. The Morgan fingerprint density at radius 2 is 0.962 bits per heavy atom. The van der Waals surface area contributed by atoms with Crippen molar-refractivity contribution in [3.63, 3.8) is 0 Å². The van der Waals surface area contributed by atoms with Crippen LogP contribution in [0, 0.1) is 0 Å². The maximum atomic E-state index is 12.7. The molecular formula is C39H73O13P. The van der Waals surface area contributed by atoms with Gasteiger partial charge in [0.05, 0.1) is 6.61 Å². The lowest BCUT2D eigenvalue weighted by Crippen LogP contribution is -2.64. The average Bonchev–Trinajstić information content (AvgIpc) is 3.13. The molecule has 1 aliphatic carbocycles. The summed E-state index contributed by atoms with van der Waals surface area (Å²) in [5.74, 6) is -1.12. The van der Waals surface area contributed by atoms with E-state index < -0.39 is 75.7 Å². The van der Waals surface area contributed by atoms with Crippen LogP contribution >= 0.6 is 7.82 Å². The van der Waals surface area contributed by atoms with E-state index in [9.17, 15) is 44.6 Å². The molecule has 312 valence electrons. The largest absolute Gasteiger partial charge is 0.472 e. The molecule has 8 atom stereocenters. The van der Waals surface area contributed by atoms with Gasteiger partial charge in [-0.15, -0.1) is 0 Å². The predicted molar refractivity (Wildman–Crippen MR) is 203 cm³/mol. The molecule has 6 N–H and O–H groups in total. The number of aliphatic hydroxyl groups excluding tert-OH is 5. The summed E-state index contributed by atoms with van der Waals surface area (Å²) < 4.78 is 33.3. The van der Waals surface area contributed by atoms with Gasteiger partial charge in [-0.1, -0.05) is 129 Å². The third kappa shape index (κ3) is 24.0. The van der Waals surface area contributed by atoms with Gasteiger partial charge < -0.3 is 39.9 Å². The molecule has 0 aliphatic heterocycles. The number of aliphatic hydroxyl groups is 5. The molecule has 0 heterocycles. The summed E-state index contributed by atoms with van der Waals surface area (Å²) in [6.45, 7) is 3.24. The predicted octanol–water partition coefficient (Wildman–Crippen LogP) is 6.72. The zero-order chi connectivity index (χ0) is 39.3. The highest BCUT2D eigenvalue weighted by Gasteiger charge is 2.51. The number of allylic oxidation sites excluding steroid dienone is 2. The lowest BCUT2D eigenvalue weighted by molar-refractivity contribution is -0.220. The number of ether oxygens (including phenoxy) is 2. The SMILES string of the molecule is CCCCCCCCCC/C=C/CCCCCC(=O)O[C@H](COC(=O)CCCCCCCCCCC)COP(=O)(O)OC1C(O)C(O)C(O)[C@H](O)C1O. The van der Waals surface area contributed by atoms with Crippen LogP contribution in [0.15, 0.2) is 12.2 Å². The molecule has 1 rings (SSSR count). The lowest BCUT2D eigenvalue weighted by Gasteiger charge is -2.41. The van der Waals surface area contributed by atoms with Gasteiger partial charge in [0, 0.05) is 12.8 Å². The summed E-state index contributed by atoms with van der Waals surface area (Å²) in [7, 11) is -5.11. The van der Waals surface area contributed by atoms with Crippen LogP contribution in [0.4, 0.5) is 0 Å². The van der Waals surface area contributed by atoms with E-state index in [1.54, 1.807) is 0 Å². The first-order valence-corrected chi connectivity index (χ1v) is 22.0. The molecule has 0 aromatic carbocycles. The fourth-order valence-electron chi connectivity index (χ4n) is 6.22. The van der Waals surface area contributed by atoms with E-state index in [2.05, 4.69) is 26.0 Å². The fraction of sp³-hybridized carbons (Fsp3) is 0.897. The first kappa shape index (κ1) is 49.6. The first-order chi connectivity index (χ1) is 25.4. The molecule has 13 nitrogen and oxygen atoms in total. The molecule has 1 fully saturated rings. The number of phosphoric acid groups is 1. The highest BCUT2D eigenvalue weighted by atomic mass is 31.2. The first-order valence-electron chi connectivity index (χ1n) is 20.5. The average molecular weight is 781 g/mol. The highest BCUT2D eigenvalue weighted by Crippen LogP contribution is 2.47. The molecule has 0 amide bonds. The Morgan fingerprint density at radius 1 is 0.566 bits per heavy atom. The third-order valence-electron chi connectivity index (χ3n) is 9.61. The van der Waals surface area contributed by atoms with Gasteiger partial charge in [0.1, 0.15) is 43.2 Å². The molecule has 0 bridgehead atoms. The van der Waals surface area contributed by atoms with Crippen LogP contribution in [0.25, 0.3) is 0 Å². The smallest absolute Gasteiger partial charge is 0.462 e. The van der Waals surface area contributed by atoms with Crippen molar-refractivity contribution in [3.8, 4) is 0 Å². The quantitative estimate of drug-likeness (QED) is 0.0177. The van der Waals surface area contributed by atoms with Gasteiger partial charge >= 0.3 is 19.8 Å². The molecule has 0 saturated heterocycles. The highest BCUT2D eigenvalue weighted by molar-refractivity contribution is 7.47. The zero-order valence-corrected chi connectivity index (χ0v) is 33.5. The van der Waals surface area contributed by atoms with Crippen molar-refractivity contribution in [2.24, 2.45) is 0 Å². The normalized spacial score (nSPS) is 23.5. The third-order valence-corrected chi connectivity index (χ3v) is 10.6. The van der Waals surface area contributed by atoms with Crippen LogP contribution in [0.1, 0.15) is 168 Å². The van der Waals surface area contributed by atoms with E-state index >= 15 is 0 Å². The minimum atomic E-state index is -5.11. The number of carbonyl (C=O) groups excluding carboxylic acids is 2. The minimum absolute atomic E-state index is 0.0801. The Labute approximate surface area is 318 Å². The van der Waals surface area contributed by atoms with Crippen molar-refractivity contribution in [2.75, 3.05) is 13.2 Å². The molecule has 0 radical (unpaired) electrons. The monoisotopic (exact) mass is 780 g/mol. The summed E-state index contributed by atoms with van der Waals surface area (Å²) >= 11 is 0. The number of unbranched alkanes of at least 4 members (excludes halogenated alkanes) is 19. The van der Waals surface area contributed by atoms with E-state index in [1.165, 1.54) is 83.5 Å². The van der Waals surface area contributed by atoms with Crippen molar-refractivity contribution in [1.82, 2.24) is 0 Å². The maximum absolute atomic E-state index is 12.7. The van der Waals surface area contributed by atoms with Crippen LogP contribution in [0.5, 0.6) is 0 Å². The van der Waals surface area contributed by atoms with Crippen LogP contribution < -0.4 is 0 Å². The van der Waals surface area contributed by atoms with Crippen molar-refractivity contribution in [2.45, 2.75) is 211 Å². The second-order valence-electron chi connectivity index (χ2n) is 14.5. The summed E-state index contributed by atoms with van der Waals surface area (Å²) in [6, 6.07) is 0. The lowest BCUT2D eigenvalue weighted by atomic mass is 9.85. The molecule has 14 heteroatoms. The Hall–Kier alpha value is -1.41. The Bertz CT molecular complexity index is 996. The molecule has 1 aliphatic rings. The van der Waals surface area contributed by atoms with Gasteiger partial charge in [0.25, 0.3) is 0 Å². The van der Waals surface area contributed by atoms with Crippen molar-refractivity contribution < 1.29 is 63.1 Å². The van der Waals surface area contributed by atoms with Crippen LogP contribution in [0.2, 0.25) is 0 Å². The van der Waals surface area contributed by atoms with Crippen molar-refractivity contribution in [1.29, 1.82) is 0 Å². The zero-order valence-electron chi connectivity index (χ0n) is 32.6. The number of rotatable bonds is 33. The number of hydrogen-bond acceptors (Lipinski definition) is 12. The van der Waals surface area contributed by atoms with E-state index in [4.69, 9.17) is 18.5 Å². The molecule has 1 saturated carbocycles. The Balaban J connectivity index is 2.52. The van der Waals surface area contributed by atoms with Gasteiger partial charge in [-0.25, -0.2) is 4.57 Å². The second kappa shape index (κ2) is 30.8. The minimum Gasteiger partial charge on any atom is -0.462 e. The van der Waals surface area contributed by atoms with Gasteiger partial charge in [-0.05, 0) is 38.5 Å². The maximum Gasteiger partial charge on any atom is 0.472 e. The Kier molecular flexibility index (Phi) is 28.8. The van der Waals surface area contributed by atoms with E-state index in [-0.39, 0.29) is 12.8 Å². The van der Waals surface area contributed by atoms with Crippen molar-refractivity contribution in [3.05, 3.63) is 12.2 Å². The molecule has 0 aromatic heterocycles. The summed E-state index contributed by atoms with van der Waals surface area (Å²) in [5.41, 5.74) is 0. The van der Waals surface area contributed by atoms with Gasteiger partial charge in [0.2, 0.25) is 0 Å². The number of esters is 2. The van der Waals surface area contributed by atoms with Crippen molar-refractivity contribution >= 4 is 19.8 Å². The van der Waals surface area contributed by atoms with Crippen LogP contribution in [-0.2, 0) is 32.7 Å². The van der Waals surface area contributed by atoms with Crippen LogP contribution in [-0.4, -0.2) is 98.3 Å². The van der Waals surface area contributed by atoms with E-state index in [0.29, 0.717) is 12.8 Å². The Morgan fingerprint density at radius 3 is 1.45 bits per heavy atom. The number of hydrogen-bond donors (Lipinski definition) is 6. The van der Waals surface area contributed by atoms with Gasteiger partial charge in [-0.2, -0.15) is 0 Å². The number of phosphoric ester groups is 1. The van der Waals surface area contributed by atoms with Crippen LogP contribution in [0.3, 0.4) is 0 Å². The number of carbonyl (C=O) groups is 2. The molecule has 0 aromatic rings. The second-order valence-corrected chi connectivity index (χ2v) is 15.9. The fourth-order valence-corrected chi connectivity index (χ4v) is 7.19. The topological polar surface area (TPSA) is 210 Å². The van der Waals surface area contributed by atoms with Gasteiger partial charge in [-0.3, -0.25) is 18.6 Å². The van der Waals surface area contributed by atoms with Gasteiger partial charge in [0.15, 0.2) is 6.10 Å². The summed E-state index contributed by atoms with van der Waals surface area (Å²) in [4.78, 5) is 35.4.